The molecule has 0 bridgehead atoms. The molecule has 0 atom stereocenters. The van der Waals surface area contributed by atoms with Gasteiger partial charge in [0.05, 0.1) is 4.47 Å². The lowest BCUT2D eigenvalue weighted by molar-refractivity contribution is 0.102. The fraction of sp³-hybridized carbons (Fsp3) is 0.0769. The maximum absolute atomic E-state index is 12.0. The van der Waals surface area contributed by atoms with Crippen LogP contribution in [0.1, 0.15) is 15.9 Å². The first-order valence-electron chi connectivity index (χ1n) is 5.25. The van der Waals surface area contributed by atoms with Crippen LogP contribution in [0, 0.1) is 6.92 Å². The summed E-state index contributed by atoms with van der Waals surface area (Å²) in [6.07, 6.45) is 1.61. The van der Waals surface area contributed by atoms with Crippen LogP contribution in [0.3, 0.4) is 0 Å². The van der Waals surface area contributed by atoms with Crippen LogP contribution in [0.5, 0.6) is 0 Å². The first-order valence-corrected chi connectivity index (χ1v) is 6.42. The predicted octanol–water partition coefficient (Wildman–Crippen LogP) is 4.06. The molecule has 92 valence electrons. The summed E-state index contributed by atoms with van der Waals surface area (Å²) in [5.74, 6) is 0.250. The smallest absolute Gasteiger partial charge is 0.256 e. The second kappa shape index (κ2) is 5.50. The van der Waals surface area contributed by atoms with Crippen LogP contribution in [0.25, 0.3) is 0 Å². The van der Waals surface area contributed by atoms with Gasteiger partial charge in [0.1, 0.15) is 5.82 Å². The van der Waals surface area contributed by atoms with Crippen LogP contribution in [-0.2, 0) is 0 Å². The van der Waals surface area contributed by atoms with Crippen molar-refractivity contribution in [3.05, 3.63) is 57.2 Å². The Kier molecular flexibility index (Phi) is 3.99. The molecule has 2 rings (SSSR count). The van der Waals surface area contributed by atoms with E-state index in [0.717, 1.165) is 10.0 Å². The Morgan fingerprint density at radius 1 is 1.39 bits per heavy atom. The number of amides is 1. The van der Waals surface area contributed by atoms with Crippen molar-refractivity contribution in [2.24, 2.45) is 0 Å². The Balaban J connectivity index is 2.25. The van der Waals surface area contributed by atoms with Crippen LogP contribution in [0.2, 0.25) is 5.02 Å². The minimum atomic E-state index is -0.236. The van der Waals surface area contributed by atoms with Gasteiger partial charge in [-0.15, -0.1) is 0 Å². The topological polar surface area (TPSA) is 42.0 Å². The molecule has 0 radical (unpaired) electrons. The van der Waals surface area contributed by atoms with Gasteiger partial charge >= 0.3 is 0 Å². The number of hydrogen-bond donors (Lipinski definition) is 1. The van der Waals surface area contributed by atoms with Crippen molar-refractivity contribution in [3.63, 3.8) is 0 Å². The van der Waals surface area contributed by atoms with Crippen molar-refractivity contribution in [1.82, 2.24) is 4.98 Å². The largest absolute Gasteiger partial charge is 0.306 e. The molecule has 0 saturated carbocycles. The minimum Gasteiger partial charge on any atom is -0.306 e. The Morgan fingerprint density at radius 2 is 2.17 bits per heavy atom. The van der Waals surface area contributed by atoms with E-state index in [-0.39, 0.29) is 5.91 Å². The van der Waals surface area contributed by atoms with Crippen LogP contribution in [0.15, 0.2) is 41.0 Å². The number of carbonyl (C=O) groups excluding carboxylic acids is 1. The molecule has 2 aromatic rings. The normalized spacial score (nSPS) is 10.2. The summed E-state index contributed by atoms with van der Waals surface area (Å²) < 4.78 is 0.733. The zero-order chi connectivity index (χ0) is 13.1. The van der Waals surface area contributed by atoms with Gasteiger partial charge in [-0.1, -0.05) is 11.6 Å². The molecule has 1 aromatic carbocycles. The third-order valence-corrected chi connectivity index (χ3v) is 3.15. The molecule has 3 nitrogen and oxygen atoms in total. The van der Waals surface area contributed by atoms with Gasteiger partial charge in [-0.3, -0.25) is 4.79 Å². The van der Waals surface area contributed by atoms with Crippen molar-refractivity contribution in [2.45, 2.75) is 6.92 Å². The Hall–Kier alpha value is -1.39. The SMILES string of the molecule is Cc1cc(Cl)cc(C(=O)Nc2ncccc2Br)c1. The van der Waals surface area contributed by atoms with E-state index < -0.39 is 0 Å². The molecule has 0 spiro atoms. The zero-order valence-corrected chi connectivity index (χ0v) is 11.9. The molecule has 0 aliphatic carbocycles. The summed E-state index contributed by atoms with van der Waals surface area (Å²) in [5.41, 5.74) is 1.45. The van der Waals surface area contributed by atoms with E-state index in [9.17, 15) is 4.79 Å². The number of hydrogen-bond acceptors (Lipinski definition) is 2. The third-order valence-electron chi connectivity index (χ3n) is 2.29. The number of nitrogens with zero attached hydrogens (tertiary/aromatic N) is 1. The Morgan fingerprint density at radius 3 is 2.83 bits per heavy atom. The third kappa shape index (κ3) is 3.09. The first-order chi connectivity index (χ1) is 8.56. The number of pyridine rings is 1. The van der Waals surface area contributed by atoms with Gasteiger partial charge in [-0.05, 0) is 58.7 Å². The van der Waals surface area contributed by atoms with Crippen LogP contribution < -0.4 is 5.32 Å². The van der Waals surface area contributed by atoms with Gasteiger partial charge in [0.15, 0.2) is 0 Å². The van der Waals surface area contributed by atoms with Gasteiger partial charge < -0.3 is 5.32 Å². The van der Waals surface area contributed by atoms with Gasteiger partial charge in [-0.2, -0.15) is 0 Å². The Bertz CT molecular complexity index is 581. The summed E-state index contributed by atoms with van der Waals surface area (Å²) in [6, 6.07) is 8.79. The fourth-order valence-corrected chi connectivity index (χ4v) is 2.17. The monoisotopic (exact) mass is 324 g/mol. The standard InChI is InChI=1S/C13H10BrClN2O/c1-8-5-9(7-10(15)6-8)13(18)17-12-11(14)3-2-4-16-12/h2-7H,1H3,(H,16,17,18). The molecule has 1 amide bonds. The average Bonchev–Trinajstić information content (AvgIpc) is 2.31. The lowest BCUT2D eigenvalue weighted by Gasteiger charge is -2.07. The lowest BCUT2D eigenvalue weighted by atomic mass is 10.1. The van der Waals surface area contributed by atoms with Gasteiger partial charge in [0.2, 0.25) is 0 Å². The number of carbonyl (C=O) groups is 1. The molecule has 0 saturated heterocycles. The van der Waals surface area contributed by atoms with Crippen molar-refractivity contribution in [3.8, 4) is 0 Å². The van der Waals surface area contributed by atoms with E-state index in [1.807, 2.05) is 13.0 Å². The zero-order valence-electron chi connectivity index (χ0n) is 9.58. The second-order valence-corrected chi connectivity index (χ2v) is 5.10. The maximum atomic E-state index is 12.0. The maximum Gasteiger partial charge on any atom is 0.256 e. The quantitative estimate of drug-likeness (QED) is 0.905. The number of benzene rings is 1. The number of rotatable bonds is 2. The summed E-state index contributed by atoms with van der Waals surface area (Å²) in [7, 11) is 0. The van der Waals surface area contributed by atoms with E-state index in [1.165, 1.54) is 0 Å². The summed E-state index contributed by atoms with van der Waals surface area (Å²) in [5, 5.41) is 3.27. The molecule has 1 aromatic heterocycles. The molecular weight excluding hydrogens is 316 g/mol. The highest BCUT2D eigenvalue weighted by molar-refractivity contribution is 9.10. The van der Waals surface area contributed by atoms with Crippen molar-refractivity contribution < 1.29 is 4.79 Å². The number of aryl methyl sites for hydroxylation is 1. The van der Waals surface area contributed by atoms with Crippen molar-refractivity contribution >= 4 is 39.3 Å². The van der Waals surface area contributed by atoms with Crippen LogP contribution in [0.4, 0.5) is 5.82 Å². The number of anilines is 1. The fourth-order valence-electron chi connectivity index (χ4n) is 1.52. The van der Waals surface area contributed by atoms with E-state index in [4.69, 9.17) is 11.6 Å². The molecular formula is C13H10BrClN2O. The molecule has 18 heavy (non-hydrogen) atoms. The molecule has 0 aliphatic heterocycles. The van der Waals surface area contributed by atoms with E-state index >= 15 is 0 Å². The van der Waals surface area contributed by atoms with Crippen LogP contribution in [-0.4, -0.2) is 10.9 Å². The van der Waals surface area contributed by atoms with E-state index in [0.29, 0.717) is 16.4 Å². The van der Waals surface area contributed by atoms with E-state index in [2.05, 4.69) is 26.2 Å². The number of aromatic nitrogens is 1. The molecule has 1 N–H and O–H groups in total. The highest BCUT2D eigenvalue weighted by Gasteiger charge is 2.10. The highest BCUT2D eigenvalue weighted by Crippen LogP contribution is 2.20. The van der Waals surface area contributed by atoms with Crippen molar-refractivity contribution in [1.29, 1.82) is 0 Å². The second-order valence-electron chi connectivity index (χ2n) is 3.81. The number of nitrogens with one attached hydrogen (secondary N) is 1. The molecule has 1 heterocycles. The predicted molar refractivity (Wildman–Crippen MR) is 76.1 cm³/mol. The first kappa shape index (κ1) is 13.1. The molecule has 0 aliphatic rings. The average molecular weight is 326 g/mol. The summed E-state index contributed by atoms with van der Waals surface area (Å²) in [6.45, 7) is 1.89. The number of halogens is 2. The van der Waals surface area contributed by atoms with E-state index in [1.54, 1.807) is 30.5 Å². The summed E-state index contributed by atoms with van der Waals surface area (Å²) in [4.78, 5) is 16.1. The minimum absolute atomic E-state index is 0.236. The van der Waals surface area contributed by atoms with Gasteiger partial charge in [0.25, 0.3) is 5.91 Å². The van der Waals surface area contributed by atoms with Crippen molar-refractivity contribution in [2.75, 3.05) is 5.32 Å². The summed E-state index contributed by atoms with van der Waals surface area (Å²) >= 11 is 9.25. The molecule has 5 heteroatoms. The highest BCUT2D eigenvalue weighted by atomic mass is 79.9. The molecule has 0 unspecified atom stereocenters. The Labute approximate surface area is 118 Å². The lowest BCUT2D eigenvalue weighted by Crippen LogP contribution is -2.13. The van der Waals surface area contributed by atoms with Gasteiger partial charge in [0, 0.05) is 16.8 Å². The molecule has 0 fully saturated rings. The van der Waals surface area contributed by atoms with Gasteiger partial charge in [-0.25, -0.2) is 4.98 Å². The van der Waals surface area contributed by atoms with Crippen LogP contribution >= 0.6 is 27.5 Å².